The van der Waals surface area contributed by atoms with Crippen molar-refractivity contribution in [1.29, 1.82) is 0 Å². The normalized spacial score (nSPS) is 22.3. The van der Waals surface area contributed by atoms with Gasteiger partial charge in [-0.15, -0.1) is 0 Å². The molecule has 1 aromatic rings. The summed E-state index contributed by atoms with van der Waals surface area (Å²) in [5, 5.41) is 10.6. The minimum absolute atomic E-state index is 0.00977. The Kier molecular flexibility index (Phi) is 3.09. The molecule has 0 saturated carbocycles. The predicted molar refractivity (Wildman–Crippen MR) is 69.0 cm³/mol. The number of carbonyl (C=O) groups is 1. The van der Waals surface area contributed by atoms with Crippen molar-refractivity contribution in [1.82, 2.24) is 0 Å². The molecule has 0 aliphatic carbocycles. The molecule has 1 atom stereocenters. The third-order valence-electron chi connectivity index (χ3n) is 3.39. The Morgan fingerprint density at radius 1 is 1.32 bits per heavy atom. The van der Waals surface area contributed by atoms with E-state index in [1.165, 1.54) is 24.3 Å². The van der Waals surface area contributed by atoms with Gasteiger partial charge in [-0.2, -0.15) is 0 Å². The van der Waals surface area contributed by atoms with Crippen molar-refractivity contribution in [2.24, 2.45) is 10.9 Å². The van der Waals surface area contributed by atoms with Crippen molar-refractivity contribution in [3.63, 3.8) is 0 Å². The van der Waals surface area contributed by atoms with Crippen LogP contribution >= 0.6 is 0 Å². The van der Waals surface area contributed by atoms with E-state index in [1.807, 2.05) is 13.8 Å². The highest BCUT2D eigenvalue weighted by Crippen LogP contribution is 2.30. The SMILES string of the molecule is CC(C)C1(C)N=C(c2ccc([N+](=O)[O-])cc2)OC1=O. The van der Waals surface area contributed by atoms with E-state index in [0.29, 0.717) is 5.56 Å². The minimum atomic E-state index is -0.892. The first-order chi connectivity index (χ1) is 8.84. The zero-order chi connectivity index (χ0) is 14.2. The zero-order valence-electron chi connectivity index (χ0n) is 10.9. The van der Waals surface area contributed by atoms with Gasteiger partial charge in [0.05, 0.1) is 4.92 Å². The van der Waals surface area contributed by atoms with Crippen LogP contribution in [0.3, 0.4) is 0 Å². The molecule has 1 heterocycles. The standard InChI is InChI=1S/C13H14N2O4/c1-8(2)13(3)12(16)19-11(14-13)9-4-6-10(7-5-9)15(17)18/h4-8H,1-3H3. The first kappa shape index (κ1) is 13.2. The molecule has 0 aromatic heterocycles. The van der Waals surface area contributed by atoms with Gasteiger partial charge in [-0.3, -0.25) is 10.1 Å². The van der Waals surface area contributed by atoms with Gasteiger partial charge in [0, 0.05) is 17.7 Å². The summed E-state index contributed by atoms with van der Waals surface area (Å²) in [6.45, 7) is 5.51. The summed E-state index contributed by atoms with van der Waals surface area (Å²) in [7, 11) is 0. The van der Waals surface area contributed by atoms with Crippen LogP contribution in [0.5, 0.6) is 0 Å². The number of cyclic esters (lactones) is 1. The maximum Gasteiger partial charge on any atom is 0.340 e. The number of hydrogen-bond acceptors (Lipinski definition) is 5. The Balaban J connectivity index is 2.33. The summed E-state index contributed by atoms with van der Waals surface area (Å²) in [5.74, 6) is -0.164. The second kappa shape index (κ2) is 4.46. The van der Waals surface area contributed by atoms with Crippen LogP contribution < -0.4 is 0 Å². The Morgan fingerprint density at radius 3 is 2.32 bits per heavy atom. The van der Waals surface area contributed by atoms with Crippen LogP contribution in [0, 0.1) is 16.0 Å². The fraction of sp³-hybridized carbons (Fsp3) is 0.385. The molecule has 0 spiro atoms. The number of ether oxygens (including phenoxy) is 1. The minimum Gasteiger partial charge on any atom is -0.405 e. The lowest BCUT2D eigenvalue weighted by molar-refractivity contribution is -0.384. The van der Waals surface area contributed by atoms with Gasteiger partial charge in [-0.1, -0.05) is 13.8 Å². The first-order valence-corrected chi connectivity index (χ1v) is 5.91. The molecule has 1 aromatic carbocycles. The number of hydrogen-bond donors (Lipinski definition) is 0. The summed E-state index contributed by atoms with van der Waals surface area (Å²) >= 11 is 0. The van der Waals surface area contributed by atoms with Crippen molar-refractivity contribution >= 4 is 17.6 Å². The van der Waals surface area contributed by atoms with E-state index in [-0.39, 0.29) is 17.5 Å². The van der Waals surface area contributed by atoms with Crippen molar-refractivity contribution in [2.45, 2.75) is 26.3 Å². The van der Waals surface area contributed by atoms with Gasteiger partial charge in [0.1, 0.15) is 0 Å². The highest BCUT2D eigenvalue weighted by Gasteiger charge is 2.44. The molecular weight excluding hydrogens is 248 g/mol. The number of nitro benzene ring substituents is 1. The number of nitro groups is 1. The molecule has 6 nitrogen and oxygen atoms in total. The first-order valence-electron chi connectivity index (χ1n) is 5.91. The molecule has 0 fully saturated rings. The summed E-state index contributed by atoms with van der Waals surface area (Å²) in [4.78, 5) is 26.3. The van der Waals surface area contributed by atoms with Crippen molar-refractivity contribution in [2.75, 3.05) is 0 Å². The molecule has 0 saturated heterocycles. The highest BCUT2D eigenvalue weighted by molar-refractivity contribution is 6.07. The van der Waals surface area contributed by atoms with Crippen LogP contribution in [0.1, 0.15) is 26.3 Å². The van der Waals surface area contributed by atoms with Gasteiger partial charge in [0.25, 0.3) is 5.69 Å². The average Bonchev–Trinajstić information content (AvgIpc) is 2.67. The van der Waals surface area contributed by atoms with Crippen LogP contribution in [0.25, 0.3) is 0 Å². The fourth-order valence-corrected chi connectivity index (χ4v) is 1.68. The Morgan fingerprint density at radius 2 is 1.89 bits per heavy atom. The summed E-state index contributed by atoms with van der Waals surface area (Å²) < 4.78 is 5.17. The van der Waals surface area contributed by atoms with Gasteiger partial charge in [0.2, 0.25) is 5.90 Å². The molecule has 2 rings (SSSR count). The smallest absolute Gasteiger partial charge is 0.340 e. The maximum atomic E-state index is 11.9. The van der Waals surface area contributed by atoms with Gasteiger partial charge in [-0.25, -0.2) is 9.79 Å². The lowest BCUT2D eigenvalue weighted by Crippen LogP contribution is -2.35. The van der Waals surface area contributed by atoms with Gasteiger partial charge in [-0.05, 0) is 25.0 Å². The largest absolute Gasteiger partial charge is 0.405 e. The summed E-state index contributed by atoms with van der Waals surface area (Å²) in [6, 6.07) is 5.76. The molecule has 0 radical (unpaired) electrons. The van der Waals surface area contributed by atoms with E-state index in [0.717, 1.165) is 0 Å². The van der Waals surface area contributed by atoms with Crippen LogP contribution in [-0.4, -0.2) is 22.3 Å². The number of carbonyl (C=O) groups excluding carboxylic acids is 1. The van der Waals surface area contributed by atoms with E-state index in [9.17, 15) is 14.9 Å². The molecule has 1 aliphatic rings. The number of aliphatic imine (C=N–C) groups is 1. The Labute approximate surface area is 110 Å². The monoisotopic (exact) mass is 262 g/mol. The second-order valence-electron chi connectivity index (χ2n) is 4.91. The maximum absolute atomic E-state index is 11.9. The molecule has 19 heavy (non-hydrogen) atoms. The van der Waals surface area contributed by atoms with E-state index in [4.69, 9.17) is 4.74 Å². The van der Waals surface area contributed by atoms with Gasteiger partial charge >= 0.3 is 5.97 Å². The zero-order valence-corrected chi connectivity index (χ0v) is 10.9. The molecule has 6 heteroatoms. The van der Waals surface area contributed by atoms with Crippen LogP contribution in [-0.2, 0) is 9.53 Å². The topological polar surface area (TPSA) is 81.8 Å². The Hall–Kier alpha value is -2.24. The summed E-state index contributed by atoms with van der Waals surface area (Å²) in [6.07, 6.45) is 0. The fourth-order valence-electron chi connectivity index (χ4n) is 1.68. The van der Waals surface area contributed by atoms with E-state index in [2.05, 4.69) is 4.99 Å². The van der Waals surface area contributed by atoms with E-state index < -0.39 is 16.4 Å². The number of non-ortho nitro benzene ring substituents is 1. The van der Waals surface area contributed by atoms with Gasteiger partial charge < -0.3 is 4.74 Å². The van der Waals surface area contributed by atoms with Crippen molar-refractivity contribution in [3.05, 3.63) is 39.9 Å². The van der Waals surface area contributed by atoms with E-state index >= 15 is 0 Å². The number of benzene rings is 1. The van der Waals surface area contributed by atoms with Gasteiger partial charge in [0.15, 0.2) is 5.54 Å². The molecule has 100 valence electrons. The second-order valence-corrected chi connectivity index (χ2v) is 4.91. The molecular formula is C13H14N2O4. The number of rotatable bonds is 3. The van der Waals surface area contributed by atoms with Crippen LogP contribution in [0.2, 0.25) is 0 Å². The quantitative estimate of drug-likeness (QED) is 0.475. The van der Waals surface area contributed by atoms with Crippen LogP contribution in [0.15, 0.2) is 29.3 Å². The van der Waals surface area contributed by atoms with Crippen molar-refractivity contribution in [3.8, 4) is 0 Å². The van der Waals surface area contributed by atoms with Crippen molar-refractivity contribution < 1.29 is 14.5 Å². The highest BCUT2D eigenvalue weighted by atomic mass is 16.6. The Bertz CT molecular complexity index is 563. The third kappa shape index (κ3) is 2.21. The lowest BCUT2D eigenvalue weighted by atomic mass is 9.90. The molecule has 1 aliphatic heterocycles. The third-order valence-corrected chi connectivity index (χ3v) is 3.39. The molecule has 0 bridgehead atoms. The average molecular weight is 262 g/mol. The lowest BCUT2D eigenvalue weighted by Gasteiger charge is -2.19. The van der Waals surface area contributed by atoms with Crippen LogP contribution in [0.4, 0.5) is 5.69 Å². The summed E-state index contributed by atoms with van der Waals surface area (Å²) in [5.41, 5.74) is -0.347. The molecule has 0 amide bonds. The number of nitrogens with zero attached hydrogens (tertiary/aromatic N) is 2. The molecule has 0 N–H and O–H groups in total. The predicted octanol–water partition coefficient (Wildman–Crippen LogP) is 2.31. The van der Waals surface area contributed by atoms with E-state index in [1.54, 1.807) is 6.92 Å². The number of esters is 1. The molecule has 1 unspecified atom stereocenters.